The fourth-order valence-electron chi connectivity index (χ4n) is 1.61. The fraction of sp³-hybridized carbons (Fsp3) is 0.600. The number of nitrogens with zero attached hydrogens (tertiary/aromatic N) is 2. The lowest BCUT2D eigenvalue weighted by atomic mass is 10.1. The standard InChI is InChI=1S/C10H14N2O3/c1-12-8(7(15-2)5-11-12)10(14)9(13)6-3-4-6/h5-6,9,13H,3-4H2,1-2H3. The van der Waals surface area contributed by atoms with Crippen molar-refractivity contribution >= 4 is 5.78 Å². The van der Waals surface area contributed by atoms with Gasteiger partial charge in [0.15, 0.2) is 5.75 Å². The van der Waals surface area contributed by atoms with Gasteiger partial charge >= 0.3 is 0 Å². The maximum absolute atomic E-state index is 11.9. The zero-order chi connectivity index (χ0) is 11.0. The normalized spacial score (nSPS) is 17.5. The number of carbonyl (C=O) groups excluding carboxylic acids is 1. The molecule has 1 heterocycles. The molecule has 1 saturated carbocycles. The van der Waals surface area contributed by atoms with E-state index in [2.05, 4.69) is 5.10 Å². The molecular weight excluding hydrogens is 196 g/mol. The number of aliphatic hydroxyl groups is 1. The predicted octanol–water partition coefficient (Wildman–Crippen LogP) is 0.382. The van der Waals surface area contributed by atoms with E-state index in [1.165, 1.54) is 18.0 Å². The van der Waals surface area contributed by atoms with Crippen LogP contribution in [0.1, 0.15) is 23.3 Å². The van der Waals surface area contributed by atoms with E-state index in [0.717, 1.165) is 12.8 Å². The van der Waals surface area contributed by atoms with Gasteiger partial charge in [-0.25, -0.2) is 0 Å². The van der Waals surface area contributed by atoms with Crippen LogP contribution >= 0.6 is 0 Å². The van der Waals surface area contributed by atoms with Gasteiger partial charge in [0.25, 0.3) is 0 Å². The third kappa shape index (κ3) is 1.74. The number of Topliss-reactive ketones (excluding diaryl/α,β-unsaturated/α-hetero) is 1. The molecule has 1 atom stereocenters. The van der Waals surface area contributed by atoms with Crippen molar-refractivity contribution in [1.82, 2.24) is 9.78 Å². The summed E-state index contributed by atoms with van der Waals surface area (Å²) in [7, 11) is 3.15. The number of hydrogen-bond donors (Lipinski definition) is 1. The van der Waals surface area contributed by atoms with Crippen molar-refractivity contribution in [3.8, 4) is 5.75 Å². The highest BCUT2D eigenvalue weighted by atomic mass is 16.5. The van der Waals surface area contributed by atoms with Gasteiger partial charge in [0.2, 0.25) is 5.78 Å². The lowest BCUT2D eigenvalue weighted by Crippen LogP contribution is -2.25. The number of ether oxygens (including phenoxy) is 1. The molecular formula is C10H14N2O3. The SMILES string of the molecule is COc1cnn(C)c1C(=O)C(O)C1CC1. The van der Waals surface area contributed by atoms with Crippen molar-refractivity contribution in [3.05, 3.63) is 11.9 Å². The molecule has 0 aliphatic heterocycles. The van der Waals surface area contributed by atoms with Crippen LogP contribution in [-0.2, 0) is 7.05 Å². The van der Waals surface area contributed by atoms with Crippen molar-refractivity contribution in [2.75, 3.05) is 7.11 Å². The number of ketones is 1. The Morgan fingerprint density at radius 2 is 2.40 bits per heavy atom. The second-order valence-electron chi connectivity index (χ2n) is 3.83. The highest BCUT2D eigenvalue weighted by Gasteiger charge is 2.37. The number of rotatable bonds is 4. The smallest absolute Gasteiger partial charge is 0.213 e. The van der Waals surface area contributed by atoms with Crippen LogP contribution in [-0.4, -0.2) is 33.9 Å². The quantitative estimate of drug-likeness (QED) is 0.730. The topological polar surface area (TPSA) is 64.4 Å². The van der Waals surface area contributed by atoms with Crippen LogP contribution in [0.25, 0.3) is 0 Å². The average Bonchev–Trinajstić information content (AvgIpc) is 3.00. The molecule has 0 spiro atoms. The minimum absolute atomic E-state index is 0.122. The molecule has 15 heavy (non-hydrogen) atoms. The summed E-state index contributed by atoms with van der Waals surface area (Å²) in [6.07, 6.45) is 2.42. The zero-order valence-corrected chi connectivity index (χ0v) is 8.80. The average molecular weight is 210 g/mol. The summed E-state index contributed by atoms with van der Waals surface area (Å²) >= 11 is 0. The van der Waals surface area contributed by atoms with Crippen LogP contribution in [0.3, 0.4) is 0 Å². The molecule has 1 aromatic rings. The Morgan fingerprint density at radius 3 is 2.93 bits per heavy atom. The van der Waals surface area contributed by atoms with E-state index in [-0.39, 0.29) is 11.7 Å². The van der Waals surface area contributed by atoms with E-state index in [1.807, 2.05) is 0 Å². The summed E-state index contributed by atoms with van der Waals surface area (Å²) < 4.78 is 6.46. The second-order valence-corrected chi connectivity index (χ2v) is 3.83. The molecule has 1 N–H and O–H groups in total. The van der Waals surface area contributed by atoms with Crippen molar-refractivity contribution in [2.24, 2.45) is 13.0 Å². The van der Waals surface area contributed by atoms with Gasteiger partial charge in [-0.05, 0) is 18.8 Å². The fourth-order valence-corrected chi connectivity index (χ4v) is 1.61. The van der Waals surface area contributed by atoms with E-state index in [1.54, 1.807) is 7.05 Å². The molecule has 0 aromatic carbocycles. The van der Waals surface area contributed by atoms with Gasteiger partial charge in [-0.1, -0.05) is 0 Å². The van der Waals surface area contributed by atoms with Gasteiger partial charge in [-0.2, -0.15) is 5.10 Å². The highest BCUT2D eigenvalue weighted by molar-refractivity contribution is 6.00. The van der Waals surface area contributed by atoms with Crippen LogP contribution in [0.5, 0.6) is 5.75 Å². The Bertz CT molecular complexity index is 382. The maximum atomic E-state index is 11.9. The minimum atomic E-state index is -0.908. The minimum Gasteiger partial charge on any atom is -0.493 e. The van der Waals surface area contributed by atoms with Crippen molar-refractivity contribution in [2.45, 2.75) is 18.9 Å². The number of carbonyl (C=O) groups is 1. The van der Waals surface area contributed by atoms with E-state index in [4.69, 9.17) is 4.74 Å². The van der Waals surface area contributed by atoms with E-state index in [0.29, 0.717) is 11.4 Å². The summed E-state index contributed by atoms with van der Waals surface area (Å²) in [5.41, 5.74) is 0.344. The molecule has 1 aliphatic rings. The van der Waals surface area contributed by atoms with Gasteiger partial charge in [-0.3, -0.25) is 9.48 Å². The van der Waals surface area contributed by atoms with E-state index >= 15 is 0 Å². The molecule has 0 saturated heterocycles. The molecule has 82 valence electrons. The highest BCUT2D eigenvalue weighted by Crippen LogP contribution is 2.34. The molecule has 0 bridgehead atoms. The number of aryl methyl sites for hydroxylation is 1. The summed E-state index contributed by atoms with van der Waals surface area (Å²) in [5.74, 6) is 0.244. The molecule has 0 radical (unpaired) electrons. The molecule has 2 rings (SSSR count). The second kappa shape index (κ2) is 3.66. The van der Waals surface area contributed by atoms with Gasteiger partial charge in [-0.15, -0.1) is 0 Å². The van der Waals surface area contributed by atoms with Crippen molar-refractivity contribution < 1.29 is 14.6 Å². The predicted molar refractivity (Wildman–Crippen MR) is 52.8 cm³/mol. The van der Waals surface area contributed by atoms with Gasteiger partial charge in [0.1, 0.15) is 11.8 Å². The van der Waals surface area contributed by atoms with Gasteiger partial charge in [0.05, 0.1) is 13.3 Å². The van der Waals surface area contributed by atoms with Crippen LogP contribution < -0.4 is 4.74 Å². The summed E-state index contributed by atoms with van der Waals surface area (Å²) in [5, 5.41) is 13.7. The van der Waals surface area contributed by atoms with Crippen molar-refractivity contribution in [1.29, 1.82) is 0 Å². The Morgan fingerprint density at radius 1 is 1.73 bits per heavy atom. The number of methoxy groups -OCH3 is 1. The molecule has 0 amide bonds. The van der Waals surface area contributed by atoms with Crippen LogP contribution in [0.15, 0.2) is 6.20 Å². The Hall–Kier alpha value is -1.36. The van der Waals surface area contributed by atoms with E-state index in [9.17, 15) is 9.90 Å². The Kier molecular flexibility index (Phi) is 2.48. The maximum Gasteiger partial charge on any atom is 0.213 e. The first-order valence-corrected chi connectivity index (χ1v) is 4.93. The largest absolute Gasteiger partial charge is 0.493 e. The van der Waals surface area contributed by atoms with E-state index < -0.39 is 6.10 Å². The third-order valence-corrected chi connectivity index (χ3v) is 2.70. The molecule has 1 aliphatic carbocycles. The van der Waals surface area contributed by atoms with Crippen molar-refractivity contribution in [3.63, 3.8) is 0 Å². The summed E-state index contributed by atoms with van der Waals surface area (Å²) in [6.45, 7) is 0. The molecule has 5 nitrogen and oxygen atoms in total. The number of aromatic nitrogens is 2. The number of aliphatic hydroxyl groups excluding tert-OH is 1. The molecule has 5 heteroatoms. The lowest BCUT2D eigenvalue weighted by Gasteiger charge is -2.09. The first-order chi connectivity index (χ1) is 7.15. The van der Waals surface area contributed by atoms with Crippen LogP contribution in [0.4, 0.5) is 0 Å². The summed E-state index contributed by atoms with van der Waals surface area (Å²) in [6, 6.07) is 0. The van der Waals surface area contributed by atoms with Crippen LogP contribution in [0.2, 0.25) is 0 Å². The van der Waals surface area contributed by atoms with Gasteiger partial charge < -0.3 is 9.84 Å². The Balaban J connectivity index is 2.26. The Labute approximate surface area is 87.7 Å². The monoisotopic (exact) mass is 210 g/mol. The molecule has 1 unspecified atom stereocenters. The van der Waals surface area contributed by atoms with Gasteiger partial charge in [0, 0.05) is 7.05 Å². The zero-order valence-electron chi connectivity index (χ0n) is 8.80. The lowest BCUT2D eigenvalue weighted by molar-refractivity contribution is 0.0690. The summed E-state index contributed by atoms with van der Waals surface area (Å²) in [4.78, 5) is 11.9. The van der Waals surface area contributed by atoms with Crippen LogP contribution in [0, 0.1) is 5.92 Å². The first-order valence-electron chi connectivity index (χ1n) is 4.93. The molecule has 1 fully saturated rings. The first kappa shape index (κ1) is 10.2. The third-order valence-electron chi connectivity index (χ3n) is 2.70. The number of hydrogen-bond acceptors (Lipinski definition) is 4. The molecule has 1 aromatic heterocycles.